The van der Waals surface area contributed by atoms with Crippen LogP contribution in [-0.4, -0.2) is 17.0 Å². The van der Waals surface area contributed by atoms with Gasteiger partial charge in [0.1, 0.15) is 0 Å². The number of para-hydroxylation sites is 1. The predicted octanol–water partition coefficient (Wildman–Crippen LogP) is 3.98. The average Bonchev–Trinajstić information content (AvgIpc) is 2.91. The Hall–Kier alpha value is -2.28. The van der Waals surface area contributed by atoms with Crippen LogP contribution < -0.4 is 11.1 Å². The highest BCUT2D eigenvalue weighted by atomic mass is 35.5. The molecule has 0 aliphatic carbocycles. The van der Waals surface area contributed by atoms with Gasteiger partial charge in [0.15, 0.2) is 5.17 Å². The van der Waals surface area contributed by atoms with Gasteiger partial charge in [-0.25, -0.2) is 4.99 Å². The van der Waals surface area contributed by atoms with Gasteiger partial charge in [0, 0.05) is 15.6 Å². The van der Waals surface area contributed by atoms with Crippen LogP contribution in [0, 0.1) is 0 Å². The number of nitrogens with two attached hydrogens (primary N) is 1. The van der Waals surface area contributed by atoms with E-state index in [0.717, 1.165) is 11.8 Å². The van der Waals surface area contributed by atoms with Gasteiger partial charge in [-0.1, -0.05) is 41.4 Å². The van der Waals surface area contributed by atoms with Gasteiger partial charge >= 0.3 is 0 Å². The Balaban J connectivity index is 1.94. The fraction of sp³-hybridized carbons (Fsp3) is 0. The molecule has 5 nitrogen and oxygen atoms in total. The number of primary amides is 1. The lowest BCUT2D eigenvalue weighted by atomic mass is 10.2. The number of carbonyl (C=O) groups excluding carboxylic acids is 2. The molecule has 3 N–H and O–H groups in total. The van der Waals surface area contributed by atoms with Gasteiger partial charge < -0.3 is 11.1 Å². The maximum Gasteiger partial charge on any atom is 0.264 e. The molecule has 1 aliphatic heterocycles. The van der Waals surface area contributed by atoms with E-state index in [-0.39, 0.29) is 11.5 Å². The first-order valence-electron chi connectivity index (χ1n) is 7.08. The van der Waals surface area contributed by atoms with Crippen molar-refractivity contribution in [2.45, 2.75) is 0 Å². The Morgan fingerprint density at radius 1 is 1.12 bits per heavy atom. The minimum atomic E-state index is -0.590. The first-order chi connectivity index (χ1) is 12.0. The quantitative estimate of drug-likeness (QED) is 0.775. The van der Waals surface area contributed by atoms with Gasteiger partial charge in [0.25, 0.3) is 11.8 Å². The minimum Gasteiger partial charge on any atom is -0.366 e. The Labute approximate surface area is 157 Å². The first-order valence-corrected chi connectivity index (χ1v) is 8.65. The van der Waals surface area contributed by atoms with Crippen LogP contribution >= 0.6 is 35.0 Å². The number of carbonyl (C=O) groups is 2. The van der Waals surface area contributed by atoms with E-state index in [4.69, 9.17) is 28.9 Å². The summed E-state index contributed by atoms with van der Waals surface area (Å²) in [5.74, 6) is -0.913. The first kappa shape index (κ1) is 17.5. The van der Waals surface area contributed by atoms with Crippen LogP contribution in [0.2, 0.25) is 10.0 Å². The minimum absolute atomic E-state index is 0.274. The number of hydrogen-bond acceptors (Lipinski definition) is 4. The number of nitrogens with one attached hydrogen (secondary N) is 1. The molecule has 2 aromatic rings. The topological polar surface area (TPSA) is 84.6 Å². The molecule has 3 rings (SSSR count). The van der Waals surface area contributed by atoms with E-state index in [9.17, 15) is 9.59 Å². The second kappa shape index (κ2) is 7.31. The number of hydrogen-bond donors (Lipinski definition) is 2. The lowest BCUT2D eigenvalue weighted by Crippen LogP contribution is -2.19. The molecule has 0 radical (unpaired) electrons. The van der Waals surface area contributed by atoms with Gasteiger partial charge in [-0.2, -0.15) is 0 Å². The summed E-state index contributed by atoms with van der Waals surface area (Å²) in [6.07, 6.45) is 1.60. The molecule has 0 spiro atoms. The molecule has 1 aliphatic rings. The molecule has 1 heterocycles. The fourth-order valence-corrected chi connectivity index (χ4v) is 3.47. The third-order valence-corrected chi connectivity index (χ3v) is 4.89. The summed E-state index contributed by atoms with van der Waals surface area (Å²) < 4.78 is 0. The van der Waals surface area contributed by atoms with E-state index in [1.807, 2.05) is 0 Å². The number of halogens is 2. The van der Waals surface area contributed by atoms with Gasteiger partial charge in [0.05, 0.1) is 16.2 Å². The van der Waals surface area contributed by atoms with Crippen LogP contribution in [-0.2, 0) is 4.79 Å². The Kier molecular flexibility index (Phi) is 5.13. The standard InChI is InChI=1S/C17H11Cl2N3O2S/c18-11-5-3-6-12(19)10(11)8-14-16(24)22-17(25-14)21-13-7-2-1-4-9(13)15(20)23/h1-8H,(H2,20,23)(H,21,22,24)/b14-8-. The summed E-state index contributed by atoms with van der Waals surface area (Å²) in [6, 6.07) is 11.7. The lowest BCUT2D eigenvalue weighted by molar-refractivity contribution is -0.115. The largest absolute Gasteiger partial charge is 0.366 e. The van der Waals surface area contributed by atoms with Gasteiger partial charge in [-0.3, -0.25) is 9.59 Å². The van der Waals surface area contributed by atoms with Crippen molar-refractivity contribution in [1.29, 1.82) is 0 Å². The van der Waals surface area contributed by atoms with Gasteiger partial charge in [-0.15, -0.1) is 0 Å². The SMILES string of the molecule is NC(=O)c1ccccc1N=C1NC(=O)/C(=C/c2c(Cl)cccc2Cl)S1. The van der Waals surface area contributed by atoms with E-state index in [1.165, 1.54) is 0 Å². The van der Waals surface area contributed by atoms with Crippen molar-refractivity contribution in [3.8, 4) is 0 Å². The number of benzene rings is 2. The number of amides is 2. The summed E-state index contributed by atoms with van der Waals surface area (Å²) in [5, 5.41) is 3.87. The third kappa shape index (κ3) is 3.87. The van der Waals surface area contributed by atoms with Crippen LogP contribution in [0.5, 0.6) is 0 Å². The maximum absolute atomic E-state index is 12.2. The third-order valence-electron chi connectivity index (χ3n) is 3.32. The summed E-state index contributed by atoms with van der Waals surface area (Å²) in [6.45, 7) is 0. The van der Waals surface area contributed by atoms with Crippen molar-refractivity contribution < 1.29 is 9.59 Å². The van der Waals surface area contributed by atoms with Crippen molar-refractivity contribution in [2.75, 3.05) is 0 Å². The summed E-state index contributed by atoms with van der Waals surface area (Å²) in [4.78, 5) is 28.3. The average molecular weight is 392 g/mol. The smallest absolute Gasteiger partial charge is 0.264 e. The molecule has 8 heteroatoms. The van der Waals surface area contributed by atoms with Crippen LogP contribution in [0.4, 0.5) is 5.69 Å². The number of thioether (sulfide) groups is 1. The Morgan fingerprint density at radius 2 is 1.80 bits per heavy atom. The molecule has 126 valence electrons. The van der Waals surface area contributed by atoms with E-state index < -0.39 is 5.91 Å². The van der Waals surface area contributed by atoms with Crippen molar-refractivity contribution in [1.82, 2.24) is 5.32 Å². The number of aliphatic imine (C=N–C) groups is 1. The second-order valence-corrected chi connectivity index (χ2v) is 6.84. The summed E-state index contributed by atoms with van der Waals surface area (Å²) >= 11 is 13.4. The normalized spacial score (nSPS) is 17.1. The zero-order chi connectivity index (χ0) is 18.0. The van der Waals surface area contributed by atoms with Crippen molar-refractivity contribution in [3.05, 3.63) is 68.5 Å². The zero-order valence-electron chi connectivity index (χ0n) is 12.6. The number of amidine groups is 1. The highest BCUT2D eigenvalue weighted by Crippen LogP contribution is 2.33. The molecule has 0 unspecified atom stereocenters. The van der Waals surface area contributed by atoms with Crippen molar-refractivity contribution in [3.63, 3.8) is 0 Å². The molecule has 0 aromatic heterocycles. The number of rotatable bonds is 3. The highest BCUT2D eigenvalue weighted by Gasteiger charge is 2.25. The molecule has 0 bridgehead atoms. The van der Waals surface area contributed by atoms with Gasteiger partial charge in [-0.05, 0) is 42.1 Å². The van der Waals surface area contributed by atoms with Crippen LogP contribution in [0.3, 0.4) is 0 Å². The summed E-state index contributed by atoms with van der Waals surface area (Å²) in [7, 11) is 0. The molecular weight excluding hydrogens is 381 g/mol. The molecule has 0 atom stereocenters. The van der Waals surface area contributed by atoms with Crippen molar-refractivity contribution in [2.24, 2.45) is 10.7 Å². The number of nitrogens with zero attached hydrogens (tertiary/aromatic N) is 1. The Morgan fingerprint density at radius 3 is 2.48 bits per heavy atom. The Bertz CT molecular complexity index is 921. The maximum atomic E-state index is 12.2. The molecule has 2 amide bonds. The van der Waals surface area contributed by atoms with Gasteiger partial charge in [0.2, 0.25) is 0 Å². The highest BCUT2D eigenvalue weighted by molar-refractivity contribution is 8.18. The molecule has 1 saturated heterocycles. The van der Waals surface area contributed by atoms with E-state index in [1.54, 1.807) is 48.5 Å². The predicted molar refractivity (Wildman–Crippen MR) is 102 cm³/mol. The van der Waals surface area contributed by atoms with Crippen LogP contribution in [0.15, 0.2) is 52.4 Å². The molecule has 2 aromatic carbocycles. The molecule has 0 saturated carbocycles. The van der Waals surface area contributed by atoms with E-state index in [2.05, 4.69) is 10.3 Å². The van der Waals surface area contributed by atoms with Crippen LogP contribution in [0.1, 0.15) is 15.9 Å². The fourth-order valence-electron chi connectivity index (χ4n) is 2.15. The monoisotopic (exact) mass is 391 g/mol. The van der Waals surface area contributed by atoms with Crippen molar-refractivity contribution >= 4 is 63.7 Å². The summed E-state index contributed by atoms with van der Waals surface area (Å²) in [5.41, 5.74) is 6.55. The lowest BCUT2D eigenvalue weighted by Gasteiger charge is -2.02. The van der Waals surface area contributed by atoms with E-state index in [0.29, 0.717) is 31.4 Å². The van der Waals surface area contributed by atoms with E-state index >= 15 is 0 Å². The molecule has 1 fully saturated rings. The van der Waals surface area contributed by atoms with Crippen LogP contribution in [0.25, 0.3) is 6.08 Å². The molecular formula is C17H11Cl2N3O2S. The second-order valence-electron chi connectivity index (χ2n) is 5.00. The molecule has 25 heavy (non-hydrogen) atoms. The zero-order valence-corrected chi connectivity index (χ0v) is 15.0.